The summed E-state index contributed by atoms with van der Waals surface area (Å²) in [6.45, 7) is 2.01. The average Bonchev–Trinajstić information content (AvgIpc) is 2.84. The third-order valence-corrected chi connectivity index (χ3v) is 3.47. The van der Waals surface area contributed by atoms with Gasteiger partial charge in [-0.05, 0) is 42.7 Å². The Bertz CT molecular complexity index is 748. The van der Waals surface area contributed by atoms with Crippen molar-refractivity contribution in [1.29, 1.82) is 0 Å². The van der Waals surface area contributed by atoms with Crippen molar-refractivity contribution in [1.82, 2.24) is 0 Å². The molecule has 2 aromatic carbocycles. The number of hydrogen-bond donors (Lipinski definition) is 1. The van der Waals surface area contributed by atoms with Crippen LogP contribution in [0.25, 0.3) is 11.0 Å². The van der Waals surface area contributed by atoms with E-state index in [4.69, 9.17) is 10.2 Å². The number of nitrogens with two attached hydrogens (primary N) is 1. The Morgan fingerprint density at radius 2 is 1.95 bits per heavy atom. The molecule has 0 radical (unpaired) electrons. The second-order valence-corrected chi connectivity index (χ2v) is 5.08. The molecule has 3 heteroatoms. The average molecular weight is 269 g/mol. The fourth-order valence-corrected chi connectivity index (χ4v) is 2.43. The van der Waals surface area contributed by atoms with Gasteiger partial charge in [0.15, 0.2) is 0 Å². The van der Waals surface area contributed by atoms with Crippen molar-refractivity contribution in [3.8, 4) is 0 Å². The van der Waals surface area contributed by atoms with E-state index >= 15 is 0 Å². The Labute approximate surface area is 117 Å². The largest absolute Gasteiger partial charge is 0.459 e. The van der Waals surface area contributed by atoms with Crippen LogP contribution in [0.15, 0.2) is 52.9 Å². The fraction of sp³-hybridized carbons (Fsp3) is 0.176. The molecule has 2 nitrogen and oxygen atoms in total. The first-order valence-corrected chi connectivity index (χ1v) is 6.62. The molecule has 1 heterocycles. The van der Waals surface area contributed by atoms with Gasteiger partial charge in [0, 0.05) is 5.39 Å². The van der Waals surface area contributed by atoms with Gasteiger partial charge in [-0.3, -0.25) is 0 Å². The van der Waals surface area contributed by atoms with E-state index in [2.05, 4.69) is 0 Å². The lowest BCUT2D eigenvalue weighted by molar-refractivity contribution is 0.492. The zero-order chi connectivity index (χ0) is 14.1. The van der Waals surface area contributed by atoms with Crippen LogP contribution in [0.2, 0.25) is 0 Å². The summed E-state index contributed by atoms with van der Waals surface area (Å²) in [5, 5.41) is 1.05. The molecule has 20 heavy (non-hydrogen) atoms. The van der Waals surface area contributed by atoms with E-state index < -0.39 is 0 Å². The maximum absolute atomic E-state index is 13.2. The summed E-state index contributed by atoms with van der Waals surface area (Å²) >= 11 is 0. The van der Waals surface area contributed by atoms with Crippen molar-refractivity contribution in [2.24, 2.45) is 5.73 Å². The molecule has 0 fully saturated rings. The van der Waals surface area contributed by atoms with E-state index in [1.807, 2.05) is 37.3 Å². The van der Waals surface area contributed by atoms with Crippen molar-refractivity contribution in [2.75, 3.05) is 0 Å². The fourth-order valence-electron chi connectivity index (χ4n) is 2.43. The highest BCUT2D eigenvalue weighted by atomic mass is 19.1. The summed E-state index contributed by atoms with van der Waals surface area (Å²) in [6.07, 6.45) is 0.552. The maximum Gasteiger partial charge on any atom is 0.137 e. The van der Waals surface area contributed by atoms with Crippen LogP contribution in [0.1, 0.15) is 22.9 Å². The van der Waals surface area contributed by atoms with Crippen LogP contribution in [0.3, 0.4) is 0 Å². The number of furan rings is 1. The van der Waals surface area contributed by atoms with Crippen LogP contribution in [-0.4, -0.2) is 0 Å². The van der Waals surface area contributed by atoms with Crippen LogP contribution in [0, 0.1) is 12.7 Å². The maximum atomic E-state index is 13.2. The molecule has 0 amide bonds. The summed E-state index contributed by atoms with van der Waals surface area (Å²) in [5.74, 6) is 0.494. The predicted octanol–water partition coefficient (Wildman–Crippen LogP) is 4.12. The molecule has 0 aliphatic carbocycles. The molecule has 3 aromatic rings. The predicted molar refractivity (Wildman–Crippen MR) is 78.0 cm³/mol. The van der Waals surface area contributed by atoms with Crippen molar-refractivity contribution >= 4 is 11.0 Å². The SMILES string of the molecule is Cc1cccc2cc(C(N)Cc3cccc(F)c3)oc12. The van der Waals surface area contributed by atoms with Gasteiger partial charge in [0.05, 0.1) is 6.04 Å². The van der Waals surface area contributed by atoms with Crippen LogP contribution >= 0.6 is 0 Å². The number of para-hydroxylation sites is 1. The van der Waals surface area contributed by atoms with E-state index in [1.165, 1.54) is 12.1 Å². The highest BCUT2D eigenvalue weighted by Gasteiger charge is 2.14. The summed E-state index contributed by atoms with van der Waals surface area (Å²) in [5.41, 5.74) is 9.01. The quantitative estimate of drug-likeness (QED) is 0.776. The van der Waals surface area contributed by atoms with Crippen molar-refractivity contribution in [3.63, 3.8) is 0 Å². The van der Waals surface area contributed by atoms with Crippen molar-refractivity contribution in [3.05, 3.63) is 71.2 Å². The monoisotopic (exact) mass is 269 g/mol. The molecule has 1 aromatic heterocycles. The number of rotatable bonds is 3. The molecule has 1 unspecified atom stereocenters. The third kappa shape index (κ3) is 2.45. The minimum Gasteiger partial charge on any atom is -0.459 e. The highest BCUT2D eigenvalue weighted by Crippen LogP contribution is 2.27. The van der Waals surface area contributed by atoms with E-state index in [-0.39, 0.29) is 11.9 Å². The lowest BCUT2D eigenvalue weighted by atomic mass is 10.0. The second-order valence-electron chi connectivity index (χ2n) is 5.08. The van der Waals surface area contributed by atoms with Gasteiger partial charge in [0.1, 0.15) is 17.2 Å². The highest BCUT2D eigenvalue weighted by molar-refractivity contribution is 5.81. The minimum absolute atomic E-state index is 0.241. The molecular weight excluding hydrogens is 253 g/mol. The minimum atomic E-state index is -0.274. The number of benzene rings is 2. The van der Waals surface area contributed by atoms with Gasteiger partial charge < -0.3 is 10.2 Å². The molecular formula is C17H16FNO. The molecule has 1 atom stereocenters. The summed E-state index contributed by atoms with van der Waals surface area (Å²) < 4.78 is 19.0. The van der Waals surface area contributed by atoms with Gasteiger partial charge in [-0.1, -0.05) is 30.3 Å². The molecule has 2 N–H and O–H groups in total. The van der Waals surface area contributed by atoms with Crippen LogP contribution in [-0.2, 0) is 6.42 Å². The molecule has 0 spiro atoms. The van der Waals surface area contributed by atoms with Gasteiger partial charge in [0.25, 0.3) is 0 Å². The van der Waals surface area contributed by atoms with E-state index in [1.54, 1.807) is 6.07 Å². The zero-order valence-electron chi connectivity index (χ0n) is 11.3. The Morgan fingerprint density at radius 3 is 2.70 bits per heavy atom. The molecule has 0 aliphatic rings. The van der Waals surface area contributed by atoms with Gasteiger partial charge in [-0.2, -0.15) is 0 Å². The molecule has 3 rings (SSSR count). The van der Waals surface area contributed by atoms with Gasteiger partial charge >= 0.3 is 0 Å². The van der Waals surface area contributed by atoms with Gasteiger partial charge in [0.2, 0.25) is 0 Å². The lowest BCUT2D eigenvalue weighted by Crippen LogP contribution is -2.12. The standard InChI is InChI=1S/C17H16FNO/c1-11-4-2-6-13-10-16(20-17(11)13)15(19)9-12-5-3-7-14(18)8-12/h2-8,10,15H,9,19H2,1H3. The Balaban J connectivity index is 1.89. The zero-order valence-corrected chi connectivity index (χ0v) is 11.3. The van der Waals surface area contributed by atoms with Gasteiger partial charge in [-0.15, -0.1) is 0 Å². The Hall–Kier alpha value is -2.13. The van der Waals surface area contributed by atoms with Crippen molar-refractivity contribution < 1.29 is 8.81 Å². The van der Waals surface area contributed by atoms with Crippen LogP contribution in [0.5, 0.6) is 0 Å². The van der Waals surface area contributed by atoms with Gasteiger partial charge in [-0.25, -0.2) is 4.39 Å². The number of halogens is 1. The Kier molecular flexibility index (Phi) is 3.28. The lowest BCUT2D eigenvalue weighted by Gasteiger charge is -2.08. The molecule has 102 valence electrons. The normalized spacial score (nSPS) is 12.8. The summed E-state index contributed by atoms with van der Waals surface area (Å²) in [4.78, 5) is 0. The first-order valence-electron chi connectivity index (χ1n) is 6.62. The smallest absolute Gasteiger partial charge is 0.137 e. The van der Waals surface area contributed by atoms with E-state index in [0.29, 0.717) is 6.42 Å². The van der Waals surface area contributed by atoms with Crippen LogP contribution in [0.4, 0.5) is 4.39 Å². The van der Waals surface area contributed by atoms with E-state index in [9.17, 15) is 4.39 Å². The summed E-state index contributed by atoms with van der Waals surface area (Å²) in [7, 11) is 0. The molecule has 0 aliphatic heterocycles. The van der Waals surface area contributed by atoms with Crippen molar-refractivity contribution in [2.45, 2.75) is 19.4 Å². The summed E-state index contributed by atoms with van der Waals surface area (Å²) in [6, 6.07) is 14.2. The second kappa shape index (κ2) is 5.10. The molecule has 0 bridgehead atoms. The molecule has 0 saturated heterocycles. The van der Waals surface area contributed by atoms with Crippen LogP contribution < -0.4 is 5.73 Å². The Morgan fingerprint density at radius 1 is 1.15 bits per heavy atom. The first-order chi connectivity index (χ1) is 9.63. The first kappa shape index (κ1) is 12.9. The molecule has 0 saturated carbocycles. The number of aryl methyl sites for hydroxylation is 1. The number of fused-ring (bicyclic) bond motifs is 1. The third-order valence-electron chi connectivity index (χ3n) is 3.47. The van der Waals surface area contributed by atoms with E-state index in [0.717, 1.165) is 27.9 Å². The number of hydrogen-bond acceptors (Lipinski definition) is 2. The topological polar surface area (TPSA) is 39.2 Å².